The summed E-state index contributed by atoms with van der Waals surface area (Å²) in [4.78, 5) is 41.4. The van der Waals surface area contributed by atoms with Gasteiger partial charge in [-0.15, -0.1) is 0 Å². The molecule has 2 aliphatic rings. The molecule has 1 aromatic carbocycles. The highest BCUT2D eigenvalue weighted by Crippen LogP contribution is 2.45. The molecule has 8 heteroatoms. The van der Waals surface area contributed by atoms with E-state index in [1.54, 1.807) is 33.4 Å². The summed E-state index contributed by atoms with van der Waals surface area (Å²) in [5.41, 5.74) is 0.156. The summed E-state index contributed by atoms with van der Waals surface area (Å²) in [5.74, 6) is 1.21. The number of carbonyl (C=O) groups is 3. The number of urea groups is 1. The highest BCUT2D eigenvalue weighted by molar-refractivity contribution is 6.09. The van der Waals surface area contributed by atoms with Gasteiger partial charge in [-0.1, -0.05) is 27.2 Å². The van der Waals surface area contributed by atoms with Crippen molar-refractivity contribution in [2.75, 3.05) is 27.8 Å². The number of rotatable bonds is 8. The predicted molar refractivity (Wildman–Crippen MR) is 125 cm³/mol. The van der Waals surface area contributed by atoms with Crippen molar-refractivity contribution >= 4 is 17.8 Å². The summed E-state index contributed by atoms with van der Waals surface area (Å²) in [6.45, 7) is 6.74. The Labute approximate surface area is 196 Å². The molecule has 3 rings (SSSR count). The van der Waals surface area contributed by atoms with Crippen molar-refractivity contribution in [3.05, 3.63) is 23.8 Å². The van der Waals surface area contributed by atoms with Crippen LogP contribution in [0.2, 0.25) is 0 Å². The molecule has 0 bridgehead atoms. The SMILES string of the molecule is CCC(C)(C)C1CCC2(CC1)NC(=O)N(CC(=O)N(C)Cc1ccc(OC)cc1OC)C2=O. The zero-order valence-corrected chi connectivity index (χ0v) is 20.7. The quantitative estimate of drug-likeness (QED) is 0.601. The Morgan fingerprint density at radius 2 is 1.88 bits per heavy atom. The maximum absolute atomic E-state index is 13.2. The molecule has 33 heavy (non-hydrogen) atoms. The Morgan fingerprint density at radius 1 is 1.21 bits per heavy atom. The Morgan fingerprint density at radius 3 is 2.45 bits per heavy atom. The summed E-state index contributed by atoms with van der Waals surface area (Å²) in [7, 11) is 4.79. The molecule has 1 spiro atoms. The van der Waals surface area contributed by atoms with Gasteiger partial charge in [0, 0.05) is 25.2 Å². The van der Waals surface area contributed by atoms with Gasteiger partial charge in [-0.05, 0) is 49.1 Å². The number of likely N-dealkylation sites (N-methyl/N-ethyl adjacent to an activating group) is 1. The zero-order valence-electron chi connectivity index (χ0n) is 20.7. The second kappa shape index (κ2) is 9.61. The summed E-state index contributed by atoms with van der Waals surface area (Å²) in [6, 6.07) is 4.91. The number of nitrogens with zero attached hydrogens (tertiary/aromatic N) is 2. The topological polar surface area (TPSA) is 88.2 Å². The maximum Gasteiger partial charge on any atom is 0.325 e. The van der Waals surface area contributed by atoms with Crippen molar-refractivity contribution < 1.29 is 23.9 Å². The second-order valence-electron chi connectivity index (χ2n) is 9.95. The van der Waals surface area contributed by atoms with E-state index in [2.05, 4.69) is 26.1 Å². The van der Waals surface area contributed by atoms with Crippen LogP contribution in [0.4, 0.5) is 4.79 Å². The van der Waals surface area contributed by atoms with E-state index in [9.17, 15) is 14.4 Å². The van der Waals surface area contributed by atoms with Crippen LogP contribution in [0, 0.1) is 11.3 Å². The van der Waals surface area contributed by atoms with Gasteiger partial charge in [0.15, 0.2) is 0 Å². The van der Waals surface area contributed by atoms with E-state index in [0.717, 1.165) is 29.7 Å². The van der Waals surface area contributed by atoms with E-state index in [1.165, 1.54) is 4.90 Å². The van der Waals surface area contributed by atoms with Gasteiger partial charge in [0.25, 0.3) is 5.91 Å². The van der Waals surface area contributed by atoms with Gasteiger partial charge >= 0.3 is 6.03 Å². The molecule has 1 aliphatic heterocycles. The molecule has 1 saturated heterocycles. The number of ether oxygens (including phenoxy) is 2. The average Bonchev–Trinajstić information content (AvgIpc) is 3.03. The van der Waals surface area contributed by atoms with E-state index in [0.29, 0.717) is 30.3 Å². The fourth-order valence-corrected chi connectivity index (χ4v) is 4.92. The first-order valence-electron chi connectivity index (χ1n) is 11.7. The monoisotopic (exact) mass is 459 g/mol. The minimum absolute atomic E-state index is 0.216. The largest absolute Gasteiger partial charge is 0.497 e. The highest BCUT2D eigenvalue weighted by Gasteiger charge is 2.53. The third-order valence-electron chi connectivity index (χ3n) is 7.72. The minimum atomic E-state index is -0.866. The molecule has 1 N–H and O–H groups in total. The zero-order chi connectivity index (χ0) is 24.4. The van der Waals surface area contributed by atoms with E-state index in [-0.39, 0.29) is 30.3 Å². The molecule has 1 heterocycles. The summed E-state index contributed by atoms with van der Waals surface area (Å²) in [6.07, 6.45) is 4.11. The van der Waals surface area contributed by atoms with Crippen molar-refractivity contribution in [2.24, 2.45) is 11.3 Å². The summed E-state index contributed by atoms with van der Waals surface area (Å²) >= 11 is 0. The van der Waals surface area contributed by atoms with Crippen LogP contribution < -0.4 is 14.8 Å². The molecular formula is C25H37N3O5. The fraction of sp³-hybridized carbons (Fsp3) is 0.640. The van der Waals surface area contributed by atoms with Gasteiger partial charge in [-0.2, -0.15) is 0 Å². The van der Waals surface area contributed by atoms with Crippen molar-refractivity contribution in [1.82, 2.24) is 15.1 Å². The van der Waals surface area contributed by atoms with Gasteiger partial charge in [-0.3, -0.25) is 14.5 Å². The van der Waals surface area contributed by atoms with Crippen molar-refractivity contribution in [2.45, 2.75) is 65.0 Å². The molecule has 0 aromatic heterocycles. The van der Waals surface area contributed by atoms with Crippen molar-refractivity contribution in [3.8, 4) is 11.5 Å². The van der Waals surface area contributed by atoms with Gasteiger partial charge < -0.3 is 19.7 Å². The lowest BCUT2D eigenvalue weighted by Crippen LogP contribution is -2.51. The van der Waals surface area contributed by atoms with Crippen LogP contribution in [0.15, 0.2) is 18.2 Å². The summed E-state index contributed by atoms with van der Waals surface area (Å²) in [5, 5.41) is 2.92. The van der Waals surface area contributed by atoms with Gasteiger partial charge in [0.05, 0.1) is 14.2 Å². The molecule has 182 valence electrons. The first-order chi connectivity index (χ1) is 15.6. The molecular weight excluding hydrogens is 422 g/mol. The first-order valence-corrected chi connectivity index (χ1v) is 11.7. The standard InChI is InChI=1S/C25H37N3O5/c1-7-24(2,3)18-10-12-25(13-11-18)22(30)28(23(31)26-25)16-21(29)27(4)15-17-8-9-19(32-5)14-20(17)33-6/h8-9,14,18H,7,10-13,15-16H2,1-6H3,(H,26,31). The third kappa shape index (κ3) is 4.94. The number of methoxy groups -OCH3 is 2. The maximum atomic E-state index is 13.2. The van der Waals surface area contributed by atoms with Crippen LogP contribution >= 0.6 is 0 Å². The van der Waals surface area contributed by atoms with E-state index in [4.69, 9.17) is 9.47 Å². The van der Waals surface area contributed by atoms with E-state index < -0.39 is 11.6 Å². The van der Waals surface area contributed by atoms with Gasteiger partial charge in [0.1, 0.15) is 23.6 Å². The lowest BCUT2D eigenvalue weighted by molar-refractivity contribution is -0.139. The van der Waals surface area contributed by atoms with Crippen molar-refractivity contribution in [1.29, 1.82) is 0 Å². The Balaban J connectivity index is 1.64. The van der Waals surface area contributed by atoms with Crippen LogP contribution in [0.5, 0.6) is 11.5 Å². The van der Waals surface area contributed by atoms with Crippen LogP contribution in [-0.2, 0) is 16.1 Å². The van der Waals surface area contributed by atoms with Gasteiger partial charge in [0.2, 0.25) is 5.91 Å². The molecule has 8 nitrogen and oxygen atoms in total. The van der Waals surface area contributed by atoms with Crippen LogP contribution in [0.1, 0.15) is 58.4 Å². The second-order valence-corrected chi connectivity index (χ2v) is 9.95. The molecule has 2 fully saturated rings. The van der Waals surface area contributed by atoms with Crippen LogP contribution in [0.3, 0.4) is 0 Å². The molecule has 1 aliphatic carbocycles. The average molecular weight is 460 g/mol. The first kappa shape index (κ1) is 24.9. The number of imide groups is 1. The number of benzene rings is 1. The number of carbonyl (C=O) groups excluding carboxylic acids is 3. The van der Waals surface area contributed by atoms with E-state index >= 15 is 0 Å². The Bertz CT molecular complexity index is 905. The minimum Gasteiger partial charge on any atom is -0.497 e. The third-order valence-corrected chi connectivity index (χ3v) is 7.72. The molecule has 0 radical (unpaired) electrons. The van der Waals surface area contributed by atoms with E-state index in [1.807, 2.05) is 6.07 Å². The Hall–Kier alpha value is -2.77. The normalized spacial score (nSPS) is 23.0. The predicted octanol–water partition coefficient (Wildman–Crippen LogP) is 3.58. The lowest BCUT2D eigenvalue weighted by Gasteiger charge is -2.42. The van der Waals surface area contributed by atoms with Crippen LogP contribution in [0.25, 0.3) is 0 Å². The number of amides is 4. The lowest BCUT2D eigenvalue weighted by atomic mass is 9.65. The highest BCUT2D eigenvalue weighted by atomic mass is 16.5. The molecule has 4 amide bonds. The smallest absolute Gasteiger partial charge is 0.325 e. The van der Waals surface area contributed by atoms with Crippen molar-refractivity contribution in [3.63, 3.8) is 0 Å². The van der Waals surface area contributed by atoms with Gasteiger partial charge in [-0.25, -0.2) is 4.79 Å². The van der Waals surface area contributed by atoms with Crippen LogP contribution in [-0.4, -0.2) is 61.0 Å². The molecule has 1 saturated carbocycles. The molecule has 1 aromatic rings. The number of hydrogen-bond donors (Lipinski definition) is 1. The number of hydrogen-bond acceptors (Lipinski definition) is 5. The number of nitrogens with one attached hydrogen (secondary N) is 1. The molecule has 0 atom stereocenters. The summed E-state index contributed by atoms with van der Waals surface area (Å²) < 4.78 is 10.6. The fourth-order valence-electron chi connectivity index (χ4n) is 4.92. The Kier molecular flexibility index (Phi) is 7.24. The molecule has 0 unspecified atom stereocenters.